The number of benzene rings is 1. The van der Waals surface area contributed by atoms with Gasteiger partial charge in [0.25, 0.3) is 0 Å². The quantitative estimate of drug-likeness (QED) is 0.629. The van der Waals surface area contributed by atoms with Crippen LogP contribution < -0.4 is 5.32 Å². The molecule has 0 unspecified atom stereocenters. The van der Waals surface area contributed by atoms with Crippen LogP contribution in [-0.4, -0.2) is 76.6 Å². The zero-order valence-electron chi connectivity index (χ0n) is 20.9. The van der Waals surface area contributed by atoms with E-state index in [2.05, 4.69) is 11.4 Å². The summed E-state index contributed by atoms with van der Waals surface area (Å²) in [5, 5.41) is 6.07. The number of hydrazine groups is 1. The summed E-state index contributed by atoms with van der Waals surface area (Å²) in [5.74, 6) is -0.613. The van der Waals surface area contributed by atoms with E-state index in [-0.39, 0.29) is 49.2 Å². The highest BCUT2D eigenvalue weighted by atomic mass is 19.1. The van der Waals surface area contributed by atoms with Crippen LogP contribution in [0.2, 0.25) is 0 Å². The van der Waals surface area contributed by atoms with E-state index in [1.165, 1.54) is 30.5 Å². The van der Waals surface area contributed by atoms with Gasteiger partial charge in [-0.2, -0.15) is 0 Å². The third-order valence-corrected chi connectivity index (χ3v) is 7.16. The minimum Gasteiger partial charge on any atom is -0.337 e. The van der Waals surface area contributed by atoms with Gasteiger partial charge in [-0.1, -0.05) is 37.6 Å². The van der Waals surface area contributed by atoms with Crippen LogP contribution in [0.1, 0.15) is 51.5 Å². The van der Waals surface area contributed by atoms with Crippen LogP contribution in [0.25, 0.3) is 0 Å². The number of hydrogen-bond donors (Lipinski definition) is 1. The maximum absolute atomic E-state index is 13.5. The molecular formula is C26H36FN5O3. The molecule has 8 nitrogen and oxygen atoms in total. The van der Waals surface area contributed by atoms with Gasteiger partial charge in [-0.3, -0.25) is 9.59 Å². The van der Waals surface area contributed by atoms with Crippen LogP contribution in [0.4, 0.5) is 9.18 Å². The van der Waals surface area contributed by atoms with Crippen LogP contribution in [0.5, 0.6) is 0 Å². The zero-order valence-corrected chi connectivity index (χ0v) is 20.9. The number of amides is 4. The molecule has 2 aliphatic heterocycles. The summed E-state index contributed by atoms with van der Waals surface area (Å²) in [5.41, 5.74) is 2.16. The van der Waals surface area contributed by atoms with Crippen LogP contribution in [0, 0.1) is 11.7 Å². The molecule has 2 atom stereocenters. The van der Waals surface area contributed by atoms with Gasteiger partial charge in [0.15, 0.2) is 0 Å². The first-order chi connectivity index (χ1) is 16.8. The first-order valence-electron chi connectivity index (χ1n) is 12.6. The predicted octanol–water partition coefficient (Wildman–Crippen LogP) is 3.11. The molecule has 1 aliphatic carbocycles. The molecule has 4 rings (SSSR count). The number of nitrogens with zero attached hydrogens (tertiary/aromatic N) is 4. The largest absolute Gasteiger partial charge is 0.337 e. The van der Waals surface area contributed by atoms with E-state index in [0.29, 0.717) is 6.54 Å². The summed E-state index contributed by atoms with van der Waals surface area (Å²) >= 11 is 0. The Balaban J connectivity index is 1.53. The topological polar surface area (TPSA) is 76.2 Å². The average molecular weight is 486 g/mol. The molecule has 35 heavy (non-hydrogen) atoms. The molecule has 0 bridgehead atoms. The van der Waals surface area contributed by atoms with Crippen LogP contribution in [-0.2, 0) is 16.1 Å². The first-order valence-corrected chi connectivity index (χ1v) is 12.6. The molecule has 2 heterocycles. The van der Waals surface area contributed by atoms with Crippen molar-refractivity contribution in [2.24, 2.45) is 5.92 Å². The fraction of sp³-hybridized carbons (Fsp3) is 0.577. The van der Waals surface area contributed by atoms with Crippen molar-refractivity contribution < 1.29 is 18.8 Å². The van der Waals surface area contributed by atoms with Crippen LogP contribution in [0.3, 0.4) is 0 Å². The summed E-state index contributed by atoms with van der Waals surface area (Å²) in [6.45, 7) is 4.99. The molecule has 0 radical (unpaired) electrons. The fourth-order valence-electron chi connectivity index (χ4n) is 5.33. The van der Waals surface area contributed by atoms with Gasteiger partial charge in [0, 0.05) is 20.1 Å². The van der Waals surface area contributed by atoms with Crippen molar-refractivity contribution in [1.82, 2.24) is 25.1 Å². The molecule has 0 spiro atoms. The second-order valence-electron chi connectivity index (χ2n) is 10.1. The second kappa shape index (κ2) is 10.8. The molecule has 9 heteroatoms. The Morgan fingerprint density at radius 2 is 1.91 bits per heavy atom. The second-order valence-corrected chi connectivity index (χ2v) is 10.1. The Bertz CT molecular complexity index is 980. The molecule has 2 fully saturated rings. The van der Waals surface area contributed by atoms with Crippen molar-refractivity contribution in [1.29, 1.82) is 0 Å². The van der Waals surface area contributed by atoms with Gasteiger partial charge in [0.2, 0.25) is 11.8 Å². The minimum absolute atomic E-state index is 0.0177. The predicted molar refractivity (Wildman–Crippen MR) is 130 cm³/mol. The van der Waals surface area contributed by atoms with Gasteiger partial charge < -0.3 is 15.1 Å². The van der Waals surface area contributed by atoms with Crippen molar-refractivity contribution >= 4 is 17.8 Å². The molecule has 1 aromatic rings. The Hall–Kier alpha value is -2.94. The highest BCUT2D eigenvalue weighted by Gasteiger charge is 2.51. The Morgan fingerprint density at radius 1 is 1.17 bits per heavy atom. The molecule has 4 amide bonds. The molecule has 2 saturated heterocycles. The van der Waals surface area contributed by atoms with Gasteiger partial charge in [-0.05, 0) is 55.7 Å². The first kappa shape index (κ1) is 25.2. The number of nitrogens with one attached hydrogen (secondary N) is 1. The standard InChI is InChI=1S/C26H36FN5O3/c1-18(2)24-25(34)30(14-13-19-7-5-4-6-8-19)16-22-31(24)23(33)17-29(3)32(22)26(35)28-15-20-9-11-21(27)12-10-20/h7,9-12,18,22,24H,4-6,8,13-17H2,1-3H3,(H,28,35)/t22-,24-/m0/s1. The summed E-state index contributed by atoms with van der Waals surface area (Å²) in [6, 6.07) is 5.00. The van der Waals surface area contributed by atoms with Gasteiger partial charge >= 0.3 is 6.03 Å². The van der Waals surface area contributed by atoms with Gasteiger partial charge in [-0.15, -0.1) is 0 Å². The summed E-state index contributed by atoms with van der Waals surface area (Å²) < 4.78 is 13.2. The maximum Gasteiger partial charge on any atom is 0.334 e. The van der Waals surface area contributed by atoms with E-state index in [0.717, 1.165) is 24.8 Å². The van der Waals surface area contributed by atoms with E-state index in [1.54, 1.807) is 34.1 Å². The monoisotopic (exact) mass is 485 g/mol. The number of hydrogen-bond acceptors (Lipinski definition) is 4. The highest BCUT2D eigenvalue weighted by molar-refractivity contribution is 5.91. The maximum atomic E-state index is 13.5. The number of halogens is 1. The molecule has 1 aromatic carbocycles. The summed E-state index contributed by atoms with van der Waals surface area (Å²) in [6.07, 6.45) is 7.10. The van der Waals surface area contributed by atoms with Crippen molar-refractivity contribution in [2.45, 2.75) is 64.7 Å². The summed E-state index contributed by atoms with van der Waals surface area (Å²) in [7, 11) is 1.71. The molecule has 0 saturated carbocycles. The number of urea groups is 1. The number of allylic oxidation sites excluding steroid dienone is 1. The molecular weight excluding hydrogens is 449 g/mol. The zero-order chi connectivity index (χ0) is 25.1. The smallest absolute Gasteiger partial charge is 0.334 e. The summed E-state index contributed by atoms with van der Waals surface area (Å²) in [4.78, 5) is 43.4. The molecule has 0 aromatic heterocycles. The van der Waals surface area contributed by atoms with Crippen molar-refractivity contribution in [3.63, 3.8) is 0 Å². The van der Waals surface area contributed by atoms with E-state index in [9.17, 15) is 18.8 Å². The van der Waals surface area contributed by atoms with Crippen LogP contribution >= 0.6 is 0 Å². The van der Waals surface area contributed by atoms with Crippen molar-refractivity contribution in [2.75, 3.05) is 26.7 Å². The number of fused-ring (bicyclic) bond motifs is 1. The van der Waals surface area contributed by atoms with E-state index < -0.39 is 12.2 Å². The molecule has 3 aliphatic rings. The lowest BCUT2D eigenvalue weighted by molar-refractivity contribution is -0.189. The lowest BCUT2D eigenvalue weighted by atomic mass is 9.94. The van der Waals surface area contributed by atoms with Crippen LogP contribution in [0.15, 0.2) is 35.9 Å². The molecule has 190 valence electrons. The molecule has 1 N–H and O–H groups in total. The number of carbonyl (C=O) groups excluding carboxylic acids is 3. The van der Waals surface area contributed by atoms with Crippen molar-refractivity contribution in [3.8, 4) is 0 Å². The highest BCUT2D eigenvalue weighted by Crippen LogP contribution is 2.30. The minimum atomic E-state index is -0.609. The van der Waals surface area contributed by atoms with E-state index in [4.69, 9.17) is 0 Å². The fourth-order valence-corrected chi connectivity index (χ4v) is 5.33. The Kier molecular flexibility index (Phi) is 7.74. The third-order valence-electron chi connectivity index (χ3n) is 7.16. The lowest BCUT2D eigenvalue weighted by Gasteiger charge is -2.55. The normalized spacial score (nSPS) is 23.5. The SMILES string of the molecule is CC(C)[C@H]1C(=O)N(CCC2=CCCCC2)C[C@H]2N1C(=O)CN(C)N2C(=O)NCc1ccc(F)cc1. The van der Waals surface area contributed by atoms with Gasteiger partial charge in [-0.25, -0.2) is 19.2 Å². The Morgan fingerprint density at radius 3 is 2.57 bits per heavy atom. The van der Waals surface area contributed by atoms with Gasteiger partial charge in [0.05, 0.1) is 13.1 Å². The number of likely N-dealkylation sites (N-methyl/N-ethyl adjacent to an activating group) is 1. The number of piperazine rings is 1. The van der Waals surface area contributed by atoms with E-state index >= 15 is 0 Å². The Labute approximate surface area is 206 Å². The van der Waals surface area contributed by atoms with Crippen molar-refractivity contribution in [3.05, 3.63) is 47.3 Å². The number of carbonyl (C=O) groups is 3. The average Bonchev–Trinajstić information content (AvgIpc) is 2.83. The third kappa shape index (κ3) is 5.50. The lowest BCUT2D eigenvalue weighted by Crippen LogP contribution is -2.76. The number of rotatable bonds is 6. The van der Waals surface area contributed by atoms with E-state index in [1.807, 2.05) is 18.7 Å². The van der Waals surface area contributed by atoms with Gasteiger partial charge in [0.1, 0.15) is 18.0 Å².